The molecule has 0 aliphatic heterocycles. The van der Waals surface area contributed by atoms with Gasteiger partial charge < -0.3 is 4.74 Å². The number of ether oxygens (including phenoxy) is 1. The molecule has 0 radical (unpaired) electrons. The van der Waals surface area contributed by atoms with Crippen molar-refractivity contribution in [2.75, 3.05) is 6.61 Å². The van der Waals surface area contributed by atoms with Crippen LogP contribution in [0.25, 0.3) is 0 Å². The lowest BCUT2D eigenvalue weighted by Crippen LogP contribution is -1.97. The fourth-order valence-corrected chi connectivity index (χ4v) is 2.15. The van der Waals surface area contributed by atoms with Gasteiger partial charge in [0.05, 0.1) is 12.4 Å². The van der Waals surface area contributed by atoms with Crippen LogP contribution >= 0.6 is 0 Å². The Hall–Kier alpha value is -0.460. The Bertz CT molecular complexity index is 172. The fourth-order valence-electron chi connectivity index (χ4n) is 2.15. The van der Waals surface area contributed by atoms with Gasteiger partial charge in [-0.05, 0) is 38.2 Å². The van der Waals surface area contributed by atoms with Gasteiger partial charge in [-0.15, -0.1) is 0 Å². The molecule has 1 unspecified atom stereocenters. The first kappa shape index (κ1) is 11.6. The number of allylic oxidation sites excluding steroid dienone is 2. The summed E-state index contributed by atoms with van der Waals surface area (Å²) in [5.41, 5.74) is 0. The lowest BCUT2D eigenvalue weighted by molar-refractivity contribution is 0.217. The molecular formula is C13H24O. The summed E-state index contributed by atoms with van der Waals surface area (Å²) in [6.45, 7) is 5.17. The molecule has 82 valence electrons. The van der Waals surface area contributed by atoms with E-state index in [1.54, 1.807) is 0 Å². The monoisotopic (exact) mass is 196 g/mol. The second-order valence-corrected chi connectivity index (χ2v) is 4.24. The Morgan fingerprint density at radius 2 is 2.29 bits per heavy atom. The summed E-state index contributed by atoms with van der Waals surface area (Å²) in [5, 5.41) is 0. The van der Waals surface area contributed by atoms with Crippen molar-refractivity contribution in [3.05, 3.63) is 11.8 Å². The maximum atomic E-state index is 5.58. The van der Waals surface area contributed by atoms with Crippen molar-refractivity contribution in [1.82, 2.24) is 0 Å². The van der Waals surface area contributed by atoms with Crippen LogP contribution in [-0.4, -0.2) is 6.61 Å². The topological polar surface area (TPSA) is 9.23 Å². The molecule has 0 saturated carbocycles. The average molecular weight is 196 g/mol. The standard InChI is InChI=1S/C13H24O/c1-3-5-7-12-8-6-9-13(11-10-12)14-4-2/h11-12H,3-10H2,1-2H3. The van der Waals surface area contributed by atoms with Gasteiger partial charge in [0.25, 0.3) is 0 Å². The van der Waals surface area contributed by atoms with Crippen molar-refractivity contribution < 1.29 is 4.74 Å². The first-order valence-corrected chi connectivity index (χ1v) is 6.18. The zero-order valence-electron chi connectivity index (χ0n) is 9.72. The third-order valence-electron chi connectivity index (χ3n) is 3.01. The Kier molecular flexibility index (Phi) is 5.74. The summed E-state index contributed by atoms with van der Waals surface area (Å²) in [6, 6.07) is 0. The maximum Gasteiger partial charge on any atom is 0.0919 e. The van der Waals surface area contributed by atoms with E-state index in [-0.39, 0.29) is 0 Å². The average Bonchev–Trinajstić information content (AvgIpc) is 2.41. The molecule has 0 aromatic carbocycles. The van der Waals surface area contributed by atoms with E-state index in [0.29, 0.717) is 0 Å². The maximum absolute atomic E-state index is 5.58. The van der Waals surface area contributed by atoms with Crippen LogP contribution in [0.5, 0.6) is 0 Å². The normalized spacial score (nSPS) is 22.7. The van der Waals surface area contributed by atoms with Crippen LogP contribution in [0.3, 0.4) is 0 Å². The van der Waals surface area contributed by atoms with Crippen LogP contribution < -0.4 is 0 Å². The highest BCUT2D eigenvalue weighted by atomic mass is 16.5. The summed E-state index contributed by atoms with van der Waals surface area (Å²) >= 11 is 0. The van der Waals surface area contributed by atoms with E-state index in [9.17, 15) is 0 Å². The predicted octanol–water partition coefficient (Wildman–Crippen LogP) is 4.29. The van der Waals surface area contributed by atoms with E-state index in [4.69, 9.17) is 4.74 Å². The number of rotatable bonds is 5. The van der Waals surface area contributed by atoms with E-state index < -0.39 is 0 Å². The molecular weight excluding hydrogens is 172 g/mol. The van der Waals surface area contributed by atoms with Crippen molar-refractivity contribution >= 4 is 0 Å². The molecule has 0 bridgehead atoms. The molecule has 1 aliphatic carbocycles. The van der Waals surface area contributed by atoms with E-state index in [1.807, 2.05) is 0 Å². The summed E-state index contributed by atoms with van der Waals surface area (Å²) in [6.07, 6.45) is 11.6. The Morgan fingerprint density at radius 1 is 1.43 bits per heavy atom. The van der Waals surface area contributed by atoms with Gasteiger partial charge in [-0.2, -0.15) is 0 Å². The van der Waals surface area contributed by atoms with Crippen LogP contribution in [-0.2, 0) is 4.74 Å². The summed E-state index contributed by atoms with van der Waals surface area (Å²) < 4.78 is 5.58. The Balaban J connectivity index is 2.30. The van der Waals surface area contributed by atoms with Gasteiger partial charge in [0.2, 0.25) is 0 Å². The molecule has 0 saturated heterocycles. The van der Waals surface area contributed by atoms with Crippen molar-refractivity contribution in [2.45, 2.75) is 58.8 Å². The fraction of sp³-hybridized carbons (Fsp3) is 0.846. The zero-order chi connectivity index (χ0) is 10.2. The largest absolute Gasteiger partial charge is 0.499 e. The Morgan fingerprint density at radius 3 is 3.00 bits per heavy atom. The molecule has 1 nitrogen and oxygen atoms in total. The molecule has 1 rings (SSSR count). The third-order valence-corrected chi connectivity index (χ3v) is 3.01. The van der Waals surface area contributed by atoms with Gasteiger partial charge in [-0.1, -0.05) is 26.2 Å². The molecule has 0 aromatic rings. The predicted molar refractivity (Wildman–Crippen MR) is 61.2 cm³/mol. The van der Waals surface area contributed by atoms with Gasteiger partial charge in [0, 0.05) is 6.42 Å². The minimum atomic E-state index is 0.825. The quantitative estimate of drug-likeness (QED) is 0.637. The van der Waals surface area contributed by atoms with Crippen molar-refractivity contribution in [3.63, 3.8) is 0 Å². The smallest absolute Gasteiger partial charge is 0.0919 e. The van der Waals surface area contributed by atoms with E-state index in [2.05, 4.69) is 19.9 Å². The first-order valence-electron chi connectivity index (χ1n) is 6.18. The summed E-state index contributed by atoms with van der Waals surface area (Å²) in [4.78, 5) is 0. The lowest BCUT2D eigenvalue weighted by atomic mass is 9.95. The lowest BCUT2D eigenvalue weighted by Gasteiger charge is -2.11. The van der Waals surface area contributed by atoms with Crippen LogP contribution in [0.2, 0.25) is 0 Å². The summed E-state index contributed by atoms with van der Waals surface area (Å²) in [7, 11) is 0. The van der Waals surface area contributed by atoms with Crippen molar-refractivity contribution in [2.24, 2.45) is 5.92 Å². The molecule has 0 heterocycles. The van der Waals surface area contributed by atoms with Crippen molar-refractivity contribution in [3.8, 4) is 0 Å². The minimum Gasteiger partial charge on any atom is -0.499 e. The SMILES string of the molecule is CCCCC1CC=C(OCC)CCC1. The van der Waals surface area contributed by atoms with Crippen LogP contribution in [0.4, 0.5) is 0 Å². The second kappa shape index (κ2) is 6.92. The van der Waals surface area contributed by atoms with Crippen LogP contribution in [0, 0.1) is 5.92 Å². The van der Waals surface area contributed by atoms with Gasteiger partial charge in [-0.3, -0.25) is 0 Å². The van der Waals surface area contributed by atoms with E-state index in [0.717, 1.165) is 18.9 Å². The van der Waals surface area contributed by atoms with Gasteiger partial charge in [-0.25, -0.2) is 0 Å². The molecule has 0 aromatic heterocycles. The number of hydrogen-bond donors (Lipinski definition) is 0. The molecule has 1 aliphatic rings. The van der Waals surface area contributed by atoms with E-state index >= 15 is 0 Å². The highest BCUT2D eigenvalue weighted by molar-refractivity contribution is 4.96. The highest BCUT2D eigenvalue weighted by Crippen LogP contribution is 2.26. The Labute approximate surface area is 88.5 Å². The van der Waals surface area contributed by atoms with Gasteiger partial charge in [0.15, 0.2) is 0 Å². The first-order chi connectivity index (χ1) is 6.86. The number of unbranched alkanes of at least 4 members (excludes halogenated alkanes) is 1. The van der Waals surface area contributed by atoms with E-state index in [1.165, 1.54) is 44.3 Å². The van der Waals surface area contributed by atoms with Crippen LogP contribution in [0.1, 0.15) is 58.8 Å². The number of hydrogen-bond acceptors (Lipinski definition) is 1. The molecule has 0 amide bonds. The molecule has 1 heteroatoms. The van der Waals surface area contributed by atoms with Gasteiger partial charge in [0.1, 0.15) is 0 Å². The second-order valence-electron chi connectivity index (χ2n) is 4.24. The zero-order valence-corrected chi connectivity index (χ0v) is 9.72. The molecule has 1 atom stereocenters. The summed E-state index contributed by atoms with van der Waals surface area (Å²) in [5.74, 6) is 2.17. The molecule has 0 N–H and O–H groups in total. The van der Waals surface area contributed by atoms with Crippen LogP contribution in [0.15, 0.2) is 11.8 Å². The molecule has 0 fully saturated rings. The molecule has 0 spiro atoms. The molecule has 14 heavy (non-hydrogen) atoms. The highest BCUT2D eigenvalue weighted by Gasteiger charge is 2.12. The third kappa shape index (κ3) is 4.17. The van der Waals surface area contributed by atoms with Crippen molar-refractivity contribution in [1.29, 1.82) is 0 Å². The van der Waals surface area contributed by atoms with Gasteiger partial charge >= 0.3 is 0 Å². The minimum absolute atomic E-state index is 0.825.